The zero-order chi connectivity index (χ0) is 27.3. The van der Waals surface area contributed by atoms with Gasteiger partial charge in [0.25, 0.3) is 0 Å². The first-order valence-corrected chi connectivity index (χ1v) is 11.7. The number of aliphatic imine (C=N–C) groups is 1. The highest BCUT2D eigenvalue weighted by atomic mass is 19.4. The van der Waals surface area contributed by atoms with Gasteiger partial charge in [0.1, 0.15) is 5.82 Å². The van der Waals surface area contributed by atoms with Crippen molar-refractivity contribution < 1.29 is 22.4 Å². The van der Waals surface area contributed by atoms with Gasteiger partial charge in [0.2, 0.25) is 5.96 Å². The predicted molar refractivity (Wildman–Crippen MR) is 135 cm³/mol. The van der Waals surface area contributed by atoms with Gasteiger partial charge in [-0.15, -0.1) is 0 Å². The molecule has 38 heavy (non-hydrogen) atoms. The minimum absolute atomic E-state index is 0.159. The zero-order valence-electron chi connectivity index (χ0n) is 20.3. The Morgan fingerprint density at radius 3 is 2.45 bits per heavy atom. The Morgan fingerprint density at radius 2 is 1.76 bits per heavy atom. The molecule has 1 fully saturated rings. The van der Waals surface area contributed by atoms with Gasteiger partial charge in [-0.2, -0.15) is 18.4 Å². The van der Waals surface area contributed by atoms with Crippen LogP contribution < -0.4 is 10.6 Å². The molecule has 0 radical (unpaired) electrons. The number of urea groups is 1. The third kappa shape index (κ3) is 6.21. The number of hydrogen-bond donors (Lipinski definition) is 2. The van der Waals surface area contributed by atoms with Crippen molar-refractivity contribution in [1.29, 1.82) is 5.26 Å². The molecule has 2 N–H and O–H groups in total. The number of nitrogens with one attached hydrogen (secondary N) is 2. The molecule has 2 amide bonds. The molecule has 0 bridgehead atoms. The van der Waals surface area contributed by atoms with Crippen molar-refractivity contribution in [2.75, 3.05) is 25.0 Å². The smallest absolute Gasteiger partial charge is 0.338 e. The minimum Gasteiger partial charge on any atom is -0.338 e. The van der Waals surface area contributed by atoms with E-state index in [1.165, 1.54) is 4.90 Å². The monoisotopic (exact) mass is 524 g/mol. The Balaban J connectivity index is 1.62. The third-order valence-corrected chi connectivity index (χ3v) is 6.11. The second-order valence-corrected chi connectivity index (χ2v) is 8.68. The highest BCUT2D eigenvalue weighted by Gasteiger charge is 2.34. The molecular weight excluding hydrogens is 500 g/mol. The van der Waals surface area contributed by atoms with E-state index in [1.807, 2.05) is 72.6 Å². The number of nitrogens with zero attached hydrogens (tertiary/aromatic N) is 4. The second-order valence-electron chi connectivity index (χ2n) is 8.68. The van der Waals surface area contributed by atoms with Gasteiger partial charge in [-0.25, -0.2) is 14.2 Å². The predicted octanol–water partition coefficient (Wildman–Crippen LogP) is 5.80. The molecule has 1 unspecified atom stereocenters. The number of guanidine groups is 1. The number of piperazine rings is 1. The number of hydrogen-bond acceptors (Lipinski definition) is 3. The van der Waals surface area contributed by atoms with E-state index in [4.69, 9.17) is 0 Å². The van der Waals surface area contributed by atoms with Crippen LogP contribution in [0.4, 0.5) is 33.7 Å². The SMILES string of the molecule is Cc1ccccc1N=C(NC#N)N1CCN(C(=O)Nc2cc(F)cc(C(F)(F)F)c2)C(c2ccccc2)C1. The molecule has 1 aliphatic heterocycles. The molecule has 0 aromatic heterocycles. The van der Waals surface area contributed by atoms with Crippen LogP contribution in [0.5, 0.6) is 0 Å². The molecule has 11 heteroatoms. The van der Waals surface area contributed by atoms with Crippen molar-refractivity contribution >= 4 is 23.4 Å². The van der Waals surface area contributed by atoms with E-state index in [0.717, 1.165) is 17.2 Å². The van der Waals surface area contributed by atoms with Crippen molar-refractivity contribution in [3.63, 3.8) is 0 Å². The number of benzene rings is 3. The Morgan fingerprint density at radius 1 is 1.05 bits per heavy atom. The van der Waals surface area contributed by atoms with Crippen LogP contribution in [-0.4, -0.2) is 41.4 Å². The summed E-state index contributed by atoms with van der Waals surface area (Å²) in [6.07, 6.45) is -2.86. The highest BCUT2D eigenvalue weighted by Crippen LogP contribution is 2.32. The Kier molecular flexibility index (Phi) is 7.81. The number of carbonyl (C=O) groups excluding carboxylic acids is 1. The summed E-state index contributed by atoms with van der Waals surface area (Å²) in [4.78, 5) is 21.2. The summed E-state index contributed by atoms with van der Waals surface area (Å²) in [5, 5.41) is 14.4. The summed E-state index contributed by atoms with van der Waals surface area (Å²) in [5.74, 6) is -0.804. The molecule has 0 aliphatic carbocycles. The first-order valence-electron chi connectivity index (χ1n) is 11.7. The lowest BCUT2D eigenvalue weighted by Crippen LogP contribution is -2.55. The topological polar surface area (TPSA) is 83.8 Å². The number of amides is 2. The molecule has 7 nitrogen and oxygen atoms in total. The maximum Gasteiger partial charge on any atom is 0.416 e. The van der Waals surface area contributed by atoms with Crippen LogP contribution in [0, 0.1) is 24.2 Å². The summed E-state index contributed by atoms with van der Waals surface area (Å²) in [6.45, 7) is 2.59. The molecule has 1 heterocycles. The minimum atomic E-state index is -4.76. The van der Waals surface area contributed by atoms with Gasteiger partial charge in [-0.1, -0.05) is 48.5 Å². The molecule has 196 valence electrons. The normalized spacial score (nSPS) is 16.1. The molecule has 0 spiro atoms. The van der Waals surface area contributed by atoms with Crippen LogP contribution in [0.3, 0.4) is 0 Å². The van der Waals surface area contributed by atoms with Crippen LogP contribution in [0.1, 0.15) is 22.7 Å². The van der Waals surface area contributed by atoms with Crippen LogP contribution in [0.25, 0.3) is 0 Å². The molecule has 1 aliphatic rings. The number of carbonyl (C=O) groups is 1. The Labute approximate surface area is 217 Å². The van der Waals surface area contributed by atoms with Crippen molar-refractivity contribution in [3.05, 3.63) is 95.3 Å². The summed E-state index contributed by atoms with van der Waals surface area (Å²) in [6, 6.07) is 17.2. The maximum absolute atomic E-state index is 13.9. The van der Waals surface area contributed by atoms with E-state index in [-0.39, 0.29) is 25.3 Å². The highest BCUT2D eigenvalue weighted by molar-refractivity contribution is 5.90. The van der Waals surface area contributed by atoms with Gasteiger partial charge in [0, 0.05) is 25.3 Å². The lowest BCUT2D eigenvalue weighted by molar-refractivity contribution is -0.137. The summed E-state index contributed by atoms with van der Waals surface area (Å²) < 4.78 is 53.3. The van der Waals surface area contributed by atoms with E-state index in [1.54, 1.807) is 0 Å². The Hall–Kier alpha value is -4.59. The van der Waals surface area contributed by atoms with Crippen molar-refractivity contribution in [1.82, 2.24) is 15.1 Å². The van der Waals surface area contributed by atoms with E-state index < -0.39 is 29.6 Å². The fraction of sp³-hybridized carbons (Fsp3) is 0.222. The number of nitriles is 1. The standard InChI is InChI=1S/C27H24F4N6O/c1-18-7-5-6-10-23(18)35-25(33-17-32)36-11-12-37(24(16-36)19-8-3-2-4-9-19)26(38)34-22-14-20(27(29,30)31)13-21(28)15-22/h2-10,13-15,24H,11-12,16H2,1H3,(H,33,35)(H,34,38). The molecule has 1 atom stereocenters. The first kappa shape index (κ1) is 26.5. The molecule has 1 saturated heterocycles. The van der Waals surface area contributed by atoms with E-state index in [0.29, 0.717) is 23.8 Å². The van der Waals surface area contributed by atoms with E-state index >= 15 is 0 Å². The number of halogens is 4. The van der Waals surface area contributed by atoms with Gasteiger partial charge < -0.3 is 15.1 Å². The van der Waals surface area contributed by atoms with Gasteiger partial charge in [-0.3, -0.25) is 5.32 Å². The number of anilines is 1. The van der Waals surface area contributed by atoms with Crippen LogP contribution in [0.2, 0.25) is 0 Å². The van der Waals surface area contributed by atoms with E-state index in [2.05, 4.69) is 15.6 Å². The van der Waals surface area contributed by atoms with Gasteiger partial charge in [0.05, 0.1) is 17.3 Å². The van der Waals surface area contributed by atoms with Crippen molar-refractivity contribution in [2.45, 2.75) is 19.1 Å². The molecular formula is C27H24F4N6O. The van der Waals surface area contributed by atoms with Crippen molar-refractivity contribution in [3.8, 4) is 6.19 Å². The maximum atomic E-state index is 13.9. The second kappa shape index (κ2) is 11.2. The van der Waals surface area contributed by atoms with Gasteiger partial charge in [0.15, 0.2) is 6.19 Å². The lowest BCUT2D eigenvalue weighted by Gasteiger charge is -2.42. The first-order chi connectivity index (χ1) is 18.2. The molecule has 3 aromatic rings. The molecule has 0 saturated carbocycles. The molecule has 3 aromatic carbocycles. The van der Waals surface area contributed by atoms with Crippen molar-refractivity contribution in [2.24, 2.45) is 4.99 Å². The third-order valence-electron chi connectivity index (χ3n) is 6.11. The summed E-state index contributed by atoms with van der Waals surface area (Å²) in [7, 11) is 0. The number of aryl methyl sites for hydroxylation is 1. The summed E-state index contributed by atoms with van der Waals surface area (Å²) >= 11 is 0. The number of para-hydroxylation sites is 1. The Bertz CT molecular complexity index is 1370. The lowest BCUT2D eigenvalue weighted by atomic mass is 10.0. The fourth-order valence-corrected chi connectivity index (χ4v) is 4.23. The van der Waals surface area contributed by atoms with E-state index in [9.17, 15) is 27.6 Å². The number of alkyl halides is 3. The average molecular weight is 525 g/mol. The van der Waals surface area contributed by atoms with Crippen LogP contribution in [-0.2, 0) is 6.18 Å². The van der Waals surface area contributed by atoms with Crippen LogP contribution >= 0.6 is 0 Å². The van der Waals surface area contributed by atoms with Gasteiger partial charge >= 0.3 is 12.2 Å². The average Bonchev–Trinajstić information content (AvgIpc) is 2.89. The fourth-order valence-electron chi connectivity index (χ4n) is 4.23. The number of rotatable bonds is 3. The molecule has 4 rings (SSSR count). The largest absolute Gasteiger partial charge is 0.416 e. The quantitative estimate of drug-likeness (QED) is 0.149. The van der Waals surface area contributed by atoms with Gasteiger partial charge in [-0.05, 0) is 42.3 Å². The van der Waals surface area contributed by atoms with Crippen LogP contribution in [0.15, 0.2) is 77.8 Å². The zero-order valence-corrected chi connectivity index (χ0v) is 20.3. The summed E-state index contributed by atoms with van der Waals surface area (Å²) in [5.41, 5.74) is 0.861.